The van der Waals surface area contributed by atoms with Crippen LogP contribution in [0.3, 0.4) is 0 Å². The fourth-order valence-electron chi connectivity index (χ4n) is 4.17. The quantitative estimate of drug-likeness (QED) is 0.470. The van der Waals surface area contributed by atoms with Crippen LogP contribution in [0.15, 0.2) is 48.5 Å². The Kier molecular flexibility index (Phi) is 9.13. The van der Waals surface area contributed by atoms with Crippen LogP contribution >= 0.6 is 12.4 Å². The van der Waals surface area contributed by atoms with Crippen molar-refractivity contribution in [3.05, 3.63) is 71.3 Å². The van der Waals surface area contributed by atoms with Crippen LogP contribution in [0.5, 0.6) is 5.75 Å². The summed E-state index contributed by atoms with van der Waals surface area (Å²) in [4.78, 5) is 4.78. The maximum absolute atomic E-state index is 13.6. The van der Waals surface area contributed by atoms with E-state index in [0.717, 1.165) is 49.9 Å². The maximum Gasteiger partial charge on any atom is 0.173 e. The Morgan fingerprint density at radius 3 is 2.42 bits per heavy atom. The molecule has 10 heteroatoms. The van der Waals surface area contributed by atoms with E-state index in [-0.39, 0.29) is 24.3 Å². The van der Waals surface area contributed by atoms with Crippen molar-refractivity contribution in [1.29, 1.82) is 0 Å². The normalized spacial score (nSPS) is 15.7. The smallest absolute Gasteiger partial charge is 0.173 e. The second-order valence-electron chi connectivity index (χ2n) is 7.83. The van der Waals surface area contributed by atoms with Crippen molar-refractivity contribution in [1.82, 2.24) is 30.0 Å². The standard InChI is InChI=1S/C23H29FN6O2.ClH/c1-31-16-15-30-23(25-26-27-30)22(18-7-9-20(24)10-8-18)29-13-11-28(12-14-29)17-19-5-3-4-6-21(19)32-2;/h3-10,22H,11-17H2,1-2H3;1H. The van der Waals surface area contributed by atoms with Crippen molar-refractivity contribution >= 4 is 12.4 Å². The number of aromatic nitrogens is 4. The molecule has 0 N–H and O–H groups in total. The van der Waals surface area contributed by atoms with Crippen LogP contribution in [0.25, 0.3) is 0 Å². The lowest BCUT2D eigenvalue weighted by Crippen LogP contribution is -2.48. The highest BCUT2D eigenvalue weighted by atomic mass is 35.5. The molecule has 1 aromatic heterocycles. The van der Waals surface area contributed by atoms with E-state index in [4.69, 9.17) is 9.47 Å². The zero-order chi connectivity index (χ0) is 22.3. The second-order valence-corrected chi connectivity index (χ2v) is 7.83. The Bertz CT molecular complexity index is 995. The van der Waals surface area contributed by atoms with Gasteiger partial charge >= 0.3 is 0 Å². The summed E-state index contributed by atoms with van der Waals surface area (Å²) in [5.41, 5.74) is 2.15. The first-order valence-corrected chi connectivity index (χ1v) is 10.8. The average Bonchev–Trinajstić information content (AvgIpc) is 3.28. The molecule has 0 spiro atoms. The summed E-state index contributed by atoms with van der Waals surface area (Å²) in [5.74, 6) is 1.40. The lowest BCUT2D eigenvalue weighted by Gasteiger charge is -2.39. The monoisotopic (exact) mass is 476 g/mol. The summed E-state index contributed by atoms with van der Waals surface area (Å²) in [6.45, 7) is 5.39. The third-order valence-electron chi connectivity index (χ3n) is 5.86. The molecule has 0 aliphatic carbocycles. The van der Waals surface area contributed by atoms with Gasteiger partial charge in [0.1, 0.15) is 11.6 Å². The molecule has 0 radical (unpaired) electrons. The van der Waals surface area contributed by atoms with Crippen LogP contribution < -0.4 is 4.74 Å². The molecule has 1 fully saturated rings. The molecule has 2 aromatic carbocycles. The Labute approximate surface area is 199 Å². The minimum absolute atomic E-state index is 0. The van der Waals surface area contributed by atoms with E-state index in [1.165, 1.54) is 17.7 Å². The van der Waals surface area contributed by atoms with Gasteiger partial charge in [-0.05, 0) is 34.2 Å². The molecule has 1 aliphatic heterocycles. The predicted molar refractivity (Wildman–Crippen MR) is 125 cm³/mol. The molecular formula is C23H30ClFN6O2. The van der Waals surface area contributed by atoms with Crippen molar-refractivity contribution in [3.63, 3.8) is 0 Å². The molecule has 178 valence electrons. The average molecular weight is 477 g/mol. The van der Waals surface area contributed by atoms with E-state index in [0.29, 0.717) is 13.2 Å². The highest BCUT2D eigenvalue weighted by molar-refractivity contribution is 5.85. The van der Waals surface area contributed by atoms with E-state index in [1.54, 1.807) is 18.9 Å². The Hall–Kier alpha value is -2.59. The molecule has 1 aliphatic rings. The zero-order valence-corrected chi connectivity index (χ0v) is 19.7. The number of rotatable bonds is 9. The number of para-hydroxylation sites is 1. The van der Waals surface area contributed by atoms with Crippen molar-refractivity contribution in [2.24, 2.45) is 0 Å². The molecule has 1 atom stereocenters. The largest absolute Gasteiger partial charge is 0.496 e. The van der Waals surface area contributed by atoms with Gasteiger partial charge in [0.15, 0.2) is 5.82 Å². The second kappa shape index (κ2) is 12.0. The Balaban J connectivity index is 0.00000306. The van der Waals surface area contributed by atoms with Gasteiger partial charge in [0.2, 0.25) is 0 Å². The van der Waals surface area contributed by atoms with Gasteiger partial charge in [-0.1, -0.05) is 30.3 Å². The lowest BCUT2D eigenvalue weighted by molar-refractivity contribution is 0.0983. The fraction of sp³-hybridized carbons (Fsp3) is 0.435. The first-order chi connectivity index (χ1) is 15.7. The van der Waals surface area contributed by atoms with Gasteiger partial charge in [-0.25, -0.2) is 9.07 Å². The van der Waals surface area contributed by atoms with Gasteiger partial charge in [0, 0.05) is 45.4 Å². The van der Waals surface area contributed by atoms with Crippen LogP contribution in [-0.2, 0) is 17.8 Å². The van der Waals surface area contributed by atoms with Crippen LogP contribution in [-0.4, -0.2) is 77.0 Å². The van der Waals surface area contributed by atoms with Gasteiger partial charge in [0.25, 0.3) is 0 Å². The van der Waals surface area contributed by atoms with Crippen LogP contribution in [0.2, 0.25) is 0 Å². The summed E-state index contributed by atoms with van der Waals surface area (Å²) < 4.78 is 26.1. The molecular weight excluding hydrogens is 447 g/mol. The lowest BCUT2D eigenvalue weighted by atomic mass is 10.0. The number of benzene rings is 2. The van der Waals surface area contributed by atoms with E-state index >= 15 is 0 Å². The van der Waals surface area contributed by atoms with Crippen LogP contribution in [0.4, 0.5) is 4.39 Å². The first-order valence-electron chi connectivity index (χ1n) is 10.8. The van der Waals surface area contributed by atoms with Crippen molar-refractivity contribution in [2.75, 3.05) is 47.0 Å². The fourth-order valence-corrected chi connectivity index (χ4v) is 4.17. The first kappa shape index (κ1) is 25.0. The molecule has 1 saturated heterocycles. The molecule has 33 heavy (non-hydrogen) atoms. The summed E-state index contributed by atoms with van der Waals surface area (Å²) in [6, 6.07) is 14.6. The SMILES string of the molecule is COCCn1nnnc1C(c1ccc(F)cc1)N1CCN(Cc2ccccc2OC)CC1.Cl. The van der Waals surface area contributed by atoms with E-state index in [2.05, 4.69) is 31.4 Å². The summed E-state index contributed by atoms with van der Waals surface area (Å²) >= 11 is 0. The predicted octanol–water partition coefficient (Wildman–Crippen LogP) is 2.80. The van der Waals surface area contributed by atoms with Gasteiger partial charge < -0.3 is 9.47 Å². The van der Waals surface area contributed by atoms with E-state index in [1.807, 2.05) is 30.3 Å². The maximum atomic E-state index is 13.6. The summed E-state index contributed by atoms with van der Waals surface area (Å²) in [5, 5.41) is 12.4. The minimum atomic E-state index is -0.256. The Morgan fingerprint density at radius 2 is 1.73 bits per heavy atom. The van der Waals surface area contributed by atoms with Crippen LogP contribution in [0.1, 0.15) is 23.0 Å². The summed E-state index contributed by atoms with van der Waals surface area (Å²) in [7, 11) is 3.36. The molecule has 1 unspecified atom stereocenters. The number of tetrazole rings is 1. The zero-order valence-electron chi connectivity index (χ0n) is 18.9. The topological polar surface area (TPSA) is 68.5 Å². The molecule has 4 rings (SSSR count). The van der Waals surface area contributed by atoms with Crippen LogP contribution in [0, 0.1) is 5.82 Å². The Morgan fingerprint density at radius 1 is 1.00 bits per heavy atom. The highest BCUT2D eigenvalue weighted by Crippen LogP contribution is 2.29. The van der Waals surface area contributed by atoms with Gasteiger partial charge in [-0.15, -0.1) is 17.5 Å². The minimum Gasteiger partial charge on any atom is -0.496 e. The highest BCUT2D eigenvalue weighted by Gasteiger charge is 2.30. The van der Waals surface area contributed by atoms with E-state index in [9.17, 15) is 4.39 Å². The number of halogens is 2. The third kappa shape index (κ3) is 6.05. The van der Waals surface area contributed by atoms with Crippen molar-refractivity contribution in [3.8, 4) is 5.75 Å². The number of piperazine rings is 1. The molecule has 0 amide bonds. The number of methoxy groups -OCH3 is 2. The number of hydrogen-bond acceptors (Lipinski definition) is 7. The third-order valence-corrected chi connectivity index (χ3v) is 5.86. The van der Waals surface area contributed by atoms with Gasteiger partial charge in [-0.2, -0.15) is 0 Å². The molecule has 3 aromatic rings. The molecule has 8 nitrogen and oxygen atoms in total. The summed E-state index contributed by atoms with van der Waals surface area (Å²) in [6.07, 6.45) is 0. The molecule has 0 saturated carbocycles. The molecule has 0 bridgehead atoms. The number of nitrogens with zero attached hydrogens (tertiary/aromatic N) is 6. The van der Waals surface area contributed by atoms with Crippen molar-refractivity contribution < 1.29 is 13.9 Å². The van der Waals surface area contributed by atoms with Gasteiger partial charge in [-0.3, -0.25) is 9.80 Å². The van der Waals surface area contributed by atoms with E-state index < -0.39 is 0 Å². The number of ether oxygens (including phenoxy) is 2. The molecule has 2 heterocycles. The van der Waals surface area contributed by atoms with Crippen molar-refractivity contribution in [2.45, 2.75) is 19.1 Å². The number of hydrogen-bond donors (Lipinski definition) is 0. The van der Waals surface area contributed by atoms with Gasteiger partial charge in [0.05, 0.1) is 26.3 Å².